The van der Waals surface area contributed by atoms with Gasteiger partial charge in [-0.25, -0.2) is 8.42 Å². The van der Waals surface area contributed by atoms with Gasteiger partial charge in [0.25, 0.3) is 0 Å². The van der Waals surface area contributed by atoms with Crippen molar-refractivity contribution >= 4 is 25.8 Å². The average molecular weight is 364 g/mol. The Bertz CT molecular complexity index is 545. The Morgan fingerprint density at radius 3 is 2.45 bits per heavy atom. The lowest BCUT2D eigenvalue weighted by molar-refractivity contribution is 0.338. The summed E-state index contributed by atoms with van der Waals surface area (Å²) in [7, 11) is -3.11. The SMILES string of the molecule is CCNC(c1ccc(OCC)c(Br)c1)C(C)S(C)(=O)=O. The van der Waals surface area contributed by atoms with E-state index in [2.05, 4.69) is 21.2 Å². The van der Waals surface area contributed by atoms with Gasteiger partial charge in [0, 0.05) is 12.3 Å². The molecule has 2 unspecified atom stereocenters. The highest BCUT2D eigenvalue weighted by atomic mass is 79.9. The predicted molar refractivity (Wildman–Crippen MR) is 86.0 cm³/mol. The van der Waals surface area contributed by atoms with Crippen LogP contribution in [0.3, 0.4) is 0 Å². The Morgan fingerprint density at radius 1 is 1.35 bits per heavy atom. The van der Waals surface area contributed by atoms with Crippen molar-refractivity contribution < 1.29 is 13.2 Å². The molecule has 0 aliphatic carbocycles. The molecule has 1 aromatic carbocycles. The molecule has 0 aliphatic heterocycles. The second kappa shape index (κ2) is 7.43. The van der Waals surface area contributed by atoms with Crippen LogP contribution in [0.2, 0.25) is 0 Å². The monoisotopic (exact) mass is 363 g/mol. The first kappa shape index (κ1) is 17.5. The van der Waals surface area contributed by atoms with Crippen LogP contribution in [0.4, 0.5) is 0 Å². The third-order valence-electron chi connectivity index (χ3n) is 3.18. The van der Waals surface area contributed by atoms with Crippen LogP contribution in [0.5, 0.6) is 5.75 Å². The zero-order chi connectivity index (χ0) is 15.3. The number of ether oxygens (including phenoxy) is 1. The molecule has 20 heavy (non-hydrogen) atoms. The fourth-order valence-corrected chi connectivity index (χ4v) is 3.26. The van der Waals surface area contributed by atoms with E-state index in [-0.39, 0.29) is 6.04 Å². The minimum atomic E-state index is -3.11. The largest absolute Gasteiger partial charge is 0.493 e. The third kappa shape index (κ3) is 4.46. The minimum Gasteiger partial charge on any atom is -0.493 e. The van der Waals surface area contributed by atoms with E-state index in [1.54, 1.807) is 6.92 Å². The van der Waals surface area contributed by atoms with Gasteiger partial charge in [-0.15, -0.1) is 0 Å². The molecule has 0 aromatic heterocycles. The molecule has 114 valence electrons. The predicted octanol–water partition coefficient (Wildman–Crippen LogP) is 2.93. The Morgan fingerprint density at radius 2 is 2.00 bits per heavy atom. The van der Waals surface area contributed by atoms with Crippen molar-refractivity contribution in [3.05, 3.63) is 28.2 Å². The summed E-state index contributed by atoms with van der Waals surface area (Å²) in [6, 6.07) is 5.45. The van der Waals surface area contributed by atoms with E-state index in [4.69, 9.17) is 4.74 Å². The van der Waals surface area contributed by atoms with Crippen LogP contribution >= 0.6 is 15.9 Å². The van der Waals surface area contributed by atoms with E-state index in [1.165, 1.54) is 6.26 Å². The Balaban J connectivity index is 3.13. The standard InChI is InChI=1S/C14H22BrNO3S/c1-5-16-14(10(3)20(4,17)18)11-7-8-13(19-6-2)12(15)9-11/h7-10,14,16H,5-6H2,1-4H3. The summed E-state index contributed by atoms with van der Waals surface area (Å²) in [4.78, 5) is 0. The molecule has 0 saturated carbocycles. The highest BCUT2D eigenvalue weighted by Gasteiger charge is 2.27. The summed E-state index contributed by atoms with van der Waals surface area (Å²) < 4.78 is 29.9. The molecule has 2 atom stereocenters. The average Bonchev–Trinajstić information content (AvgIpc) is 2.37. The van der Waals surface area contributed by atoms with Gasteiger partial charge in [-0.05, 0) is 54.0 Å². The fraction of sp³-hybridized carbons (Fsp3) is 0.571. The summed E-state index contributed by atoms with van der Waals surface area (Å²) in [6.07, 6.45) is 1.27. The lowest BCUT2D eigenvalue weighted by Crippen LogP contribution is -2.35. The van der Waals surface area contributed by atoms with Gasteiger partial charge in [-0.1, -0.05) is 13.0 Å². The van der Waals surface area contributed by atoms with E-state index in [0.29, 0.717) is 13.2 Å². The zero-order valence-electron chi connectivity index (χ0n) is 12.3. The summed E-state index contributed by atoms with van der Waals surface area (Å²) in [5.74, 6) is 0.763. The molecule has 0 spiro atoms. The molecular formula is C14H22BrNO3S. The second-order valence-electron chi connectivity index (χ2n) is 4.69. The van der Waals surface area contributed by atoms with Crippen molar-refractivity contribution in [1.82, 2.24) is 5.32 Å². The summed E-state index contributed by atoms with van der Waals surface area (Å²) >= 11 is 3.46. The van der Waals surface area contributed by atoms with Crippen molar-refractivity contribution in [3.63, 3.8) is 0 Å². The van der Waals surface area contributed by atoms with Crippen LogP contribution in [-0.2, 0) is 9.84 Å². The van der Waals surface area contributed by atoms with Crippen molar-refractivity contribution in [2.24, 2.45) is 0 Å². The quantitative estimate of drug-likeness (QED) is 0.808. The van der Waals surface area contributed by atoms with Gasteiger partial charge in [-0.2, -0.15) is 0 Å². The molecule has 0 amide bonds. The van der Waals surface area contributed by atoms with Gasteiger partial charge >= 0.3 is 0 Å². The molecule has 6 heteroatoms. The van der Waals surface area contributed by atoms with E-state index >= 15 is 0 Å². The number of sulfone groups is 1. The first-order chi connectivity index (χ1) is 9.31. The summed E-state index contributed by atoms with van der Waals surface area (Å²) in [6.45, 7) is 6.91. The normalized spacial score (nSPS) is 14.8. The van der Waals surface area contributed by atoms with E-state index in [1.807, 2.05) is 32.0 Å². The first-order valence-corrected chi connectivity index (χ1v) is 9.40. The van der Waals surface area contributed by atoms with E-state index in [0.717, 1.165) is 15.8 Å². The number of halogens is 1. The molecular weight excluding hydrogens is 342 g/mol. The number of rotatable bonds is 7. The maximum absolute atomic E-state index is 11.8. The Labute approximate surface area is 130 Å². The fourth-order valence-electron chi connectivity index (χ4n) is 2.01. The smallest absolute Gasteiger partial charge is 0.151 e. The minimum absolute atomic E-state index is 0.234. The Hall–Kier alpha value is -0.590. The second-order valence-corrected chi connectivity index (χ2v) is 7.95. The maximum atomic E-state index is 11.8. The Kier molecular flexibility index (Phi) is 6.48. The molecule has 0 saturated heterocycles. The molecule has 0 heterocycles. The number of nitrogens with one attached hydrogen (secondary N) is 1. The van der Waals surface area contributed by atoms with Gasteiger partial charge in [0.2, 0.25) is 0 Å². The van der Waals surface area contributed by atoms with Crippen LogP contribution in [0.25, 0.3) is 0 Å². The van der Waals surface area contributed by atoms with Gasteiger partial charge in [0.15, 0.2) is 9.84 Å². The third-order valence-corrected chi connectivity index (χ3v) is 5.43. The van der Waals surface area contributed by atoms with E-state index in [9.17, 15) is 8.42 Å². The van der Waals surface area contributed by atoms with Crippen molar-refractivity contribution in [3.8, 4) is 5.75 Å². The van der Waals surface area contributed by atoms with Crippen LogP contribution in [-0.4, -0.2) is 33.1 Å². The van der Waals surface area contributed by atoms with Crippen LogP contribution in [0, 0.1) is 0 Å². The molecule has 1 aromatic rings. The van der Waals surface area contributed by atoms with Crippen molar-refractivity contribution in [2.75, 3.05) is 19.4 Å². The molecule has 0 radical (unpaired) electrons. The van der Waals surface area contributed by atoms with Crippen molar-refractivity contribution in [2.45, 2.75) is 32.1 Å². The molecule has 1 N–H and O–H groups in total. The highest BCUT2D eigenvalue weighted by molar-refractivity contribution is 9.10. The van der Waals surface area contributed by atoms with Gasteiger partial charge < -0.3 is 10.1 Å². The lowest BCUT2D eigenvalue weighted by atomic mass is 10.0. The van der Waals surface area contributed by atoms with Gasteiger partial charge in [0.05, 0.1) is 16.3 Å². The summed E-state index contributed by atoms with van der Waals surface area (Å²) in [5.41, 5.74) is 0.931. The molecule has 4 nitrogen and oxygen atoms in total. The zero-order valence-corrected chi connectivity index (χ0v) is 14.7. The van der Waals surface area contributed by atoms with Crippen LogP contribution < -0.4 is 10.1 Å². The highest BCUT2D eigenvalue weighted by Crippen LogP contribution is 2.30. The first-order valence-electron chi connectivity index (χ1n) is 6.65. The van der Waals surface area contributed by atoms with E-state index < -0.39 is 15.1 Å². The van der Waals surface area contributed by atoms with Crippen molar-refractivity contribution in [1.29, 1.82) is 0 Å². The molecule has 0 fully saturated rings. The topological polar surface area (TPSA) is 55.4 Å². The van der Waals surface area contributed by atoms with Gasteiger partial charge in [0.1, 0.15) is 5.75 Å². The number of hydrogen-bond acceptors (Lipinski definition) is 4. The molecule has 0 aliphatic rings. The van der Waals surface area contributed by atoms with Crippen LogP contribution in [0.15, 0.2) is 22.7 Å². The molecule has 0 bridgehead atoms. The number of benzene rings is 1. The maximum Gasteiger partial charge on any atom is 0.151 e. The number of hydrogen-bond donors (Lipinski definition) is 1. The summed E-state index contributed by atoms with van der Waals surface area (Å²) in [5, 5.41) is 2.75. The van der Waals surface area contributed by atoms with Gasteiger partial charge in [-0.3, -0.25) is 0 Å². The van der Waals surface area contributed by atoms with Crippen LogP contribution in [0.1, 0.15) is 32.4 Å². The lowest BCUT2D eigenvalue weighted by Gasteiger charge is -2.24. The molecule has 1 rings (SSSR count).